The summed E-state index contributed by atoms with van der Waals surface area (Å²) in [6.45, 7) is 3.77. The fraction of sp³-hybridized carbons (Fsp3) is 0.556. The van der Waals surface area contributed by atoms with E-state index in [1.807, 2.05) is 13.8 Å². The number of hydrogen-bond donors (Lipinski definition) is 2. The molecule has 0 aliphatic rings. The molecule has 16 heavy (non-hydrogen) atoms. The van der Waals surface area contributed by atoms with Gasteiger partial charge in [0.1, 0.15) is 17.4 Å². The van der Waals surface area contributed by atoms with E-state index in [1.165, 1.54) is 0 Å². The van der Waals surface area contributed by atoms with Gasteiger partial charge >= 0.3 is 0 Å². The molecule has 0 unspecified atom stereocenters. The Kier molecular flexibility index (Phi) is 3.82. The van der Waals surface area contributed by atoms with E-state index in [1.54, 1.807) is 0 Å². The highest BCUT2D eigenvalue weighted by atomic mass is 32.2. The first-order valence-electron chi connectivity index (χ1n) is 4.88. The molecule has 0 amide bonds. The zero-order chi connectivity index (χ0) is 12.3. The summed E-state index contributed by atoms with van der Waals surface area (Å²) in [5.41, 5.74) is 4.12. The van der Waals surface area contributed by atoms with Gasteiger partial charge in [0.15, 0.2) is 9.84 Å². The van der Waals surface area contributed by atoms with E-state index in [0.29, 0.717) is 5.82 Å². The molecule has 0 saturated carbocycles. The molecule has 0 spiro atoms. The van der Waals surface area contributed by atoms with Gasteiger partial charge in [0.05, 0.1) is 0 Å². The van der Waals surface area contributed by atoms with Crippen molar-refractivity contribution in [1.82, 2.24) is 9.97 Å². The van der Waals surface area contributed by atoms with E-state index < -0.39 is 9.84 Å². The summed E-state index contributed by atoms with van der Waals surface area (Å²) in [5.74, 6) is 5.93. The van der Waals surface area contributed by atoms with Crippen LogP contribution in [0, 0.1) is 6.92 Å². The van der Waals surface area contributed by atoms with Gasteiger partial charge in [-0.05, 0) is 13.3 Å². The number of nitrogens with zero attached hydrogens (tertiary/aromatic N) is 2. The predicted molar refractivity (Wildman–Crippen MR) is 62.5 cm³/mol. The van der Waals surface area contributed by atoms with Gasteiger partial charge in [0.25, 0.3) is 0 Å². The maximum absolute atomic E-state index is 11.1. The number of nitrogens with two attached hydrogens (primary N) is 1. The summed E-state index contributed by atoms with van der Waals surface area (Å²) in [6.07, 6.45) is 1.89. The standard InChI is InChI=1S/C9H16N4O2S/c1-4-7-6(2)11-8(5-16(3,14)15)12-9(7)13-10/h4-5,10H2,1-3H3,(H,11,12,13). The minimum Gasteiger partial charge on any atom is -0.308 e. The molecular formula is C9H16N4O2S. The Hall–Kier alpha value is -1.21. The third-order valence-corrected chi connectivity index (χ3v) is 2.92. The highest BCUT2D eigenvalue weighted by molar-refractivity contribution is 7.89. The molecule has 0 aliphatic carbocycles. The summed E-state index contributed by atoms with van der Waals surface area (Å²) in [5, 5.41) is 0. The van der Waals surface area contributed by atoms with Gasteiger partial charge in [0.2, 0.25) is 0 Å². The number of nitrogen functional groups attached to an aromatic ring is 1. The van der Waals surface area contributed by atoms with Crippen molar-refractivity contribution in [1.29, 1.82) is 0 Å². The molecule has 0 aromatic carbocycles. The third kappa shape index (κ3) is 3.14. The molecule has 3 N–H and O–H groups in total. The zero-order valence-electron chi connectivity index (χ0n) is 9.61. The molecule has 1 rings (SSSR count). The molecule has 0 atom stereocenters. The molecular weight excluding hydrogens is 228 g/mol. The lowest BCUT2D eigenvalue weighted by Crippen LogP contribution is -2.16. The highest BCUT2D eigenvalue weighted by Crippen LogP contribution is 2.16. The van der Waals surface area contributed by atoms with Crippen molar-refractivity contribution >= 4 is 15.7 Å². The number of hydrogen-bond acceptors (Lipinski definition) is 6. The van der Waals surface area contributed by atoms with Crippen molar-refractivity contribution in [3.63, 3.8) is 0 Å². The van der Waals surface area contributed by atoms with Crippen molar-refractivity contribution in [2.75, 3.05) is 11.7 Å². The van der Waals surface area contributed by atoms with Crippen LogP contribution in [-0.2, 0) is 22.0 Å². The molecule has 0 fully saturated rings. The fourth-order valence-corrected chi connectivity index (χ4v) is 2.09. The fourth-order valence-electron chi connectivity index (χ4n) is 1.50. The van der Waals surface area contributed by atoms with E-state index in [-0.39, 0.29) is 11.6 Å². The molecule has 0 radical (unpaired) electrons. The normalized spacial score (nSPS) is 11.5. The molecule has 0 saturated heterocycles. The van der Waals surface area contributed by atoms with Crippen LogP contribution in [0.15, 0.2) is 0 Å². The molecule has 1 heterocycles. The first-order chi connectivity index (χ1) is 7.37. The minimum atomic E-state index is -3.13. The number of aromatic nitrogens is 2. The summed E-state index contributed by atoms with van der Waals surface area (Å²) in [6, 6.07) is 0. The summed E-state index contributed by atoms with van der Waals surface area (Å²) >= 11 is 0. The Morgan fingerprint density at radius 3 is 2.44 bits per heavy atom. The molecule has 6 nitrogen and oxygen atoms in total. The minimum absolute atomic E-state index is 0.174. The number of hydrazine groups is 1. The molecule has 1 aromatic heterocycles. The smallest absolute Gasteiger partial charge is 0.154 e. The second kappa shape index (κ2) is 4.75. The van der Waals surface area contributed by atoms with Crippen molar-refractivity contribution in [2.45, 2.75) is 26.0 Å². The van der Waals surface area contributed by atoms with E-state index in [9.17, 15) is 8.42 Å². The van der Waals surface area contributed by atoms with E-state index in [0.717, 1.165) is 23.9 Å². The number of nitrogens with one attached hydrogen (secondary N) is 1. The molecule has 90 valence electrons. The van der Waals surface area contributed by atoms with Gasteiger partial charge in [-0.25, -0.2) is 24.2 Å². The Labute approximate surface area is 95.2 Å². The van der Waals surface area contributed by atoms with Crippen LogP contribution in [0.2, 0.25) is 0 Å². The van der Waals surface area contributed by atoms with Gasteiger partial charge in [-0.1, -0.05) is 6.92 Å². The SMILES string of the molecule is CCc1c(C)nc(CS(C)(=O)=O)nc1NN. The largest absolute Gasteiger partial charge is 0.308 e. The van der Waals surface area contributed by atoms with E-state index in [2.05, 4.69) is 15.4 Å². The monoisotopic (exact) mass is 244 g/mol. The summed E-state index contributed by atoms with van der Waals surface area (Å²) < 4.78 is 22.3. The van der Waals surface area contributed by atoms with Gasteiger partial charge in [0, 0.05) is 17.5 Å². The van der Waals surface area contributed by atoms with Crippen LogP contribution in [0.3, 0.4) is 0 Å². The van der Waals surface area contributed by atoms with Crippen LogP contribution in [0.5, 0.6) is 0 Å². The molecule has 0 bridgehead atoms. The van der Waals surface area contributed by atoms with Crippen LogP contribution in [0.1, 0.15) is 24.0 Å². The topological polar surface area (TPSA) is 98.0 Å². The lowest BCUT2D eigenvalue weighted by atomic mass is 10.2. The first kappa shape index (κ1) is 12.9. The van der Waals surface area contributed by atoms with Crippen LogP contribution >= 0.6 is 0 Å². The van der Waals surface area contributed by atoms with Gasteiger partial charge in [-0.15, -0.1) is 0 Å². The first-order valence-corrected chi connectivity index (χ1v) is 6.94. The highest BCUT2D eigenvalue weighted by Gasteiger charge is 2.12. The molecule has 7 heteroatoms. The van der Waals surface area contributed by atoms with Gasteiger partial charge in [-0.3, -0.25) is 0 Å². The second-order valence-electron chi connectivity index (χ2n) is 3.62. The Morgan fingerprint density at radius 2 is 2.00 bits per heavy atom. The van der Waals surface area contributed by atoms with Crippen LogP contribution in [0.25, 0.3) is 0 Å². The number of aryl methyl sites for hydroxylation is 1. The van der Waals surface area contributed by atoms with Crippen molar-refractivity contribution in [3.8, 4) is 0 Å². The average Bonchev–Trinajstić information content (AvgIpc) is 2.14. The van der Waals surface area contributed by atoms with Crippen LogP contribution in [0.4, 0.5) is 5.82 Å². The average molecular weight is 244 g/mol. The van der Waals surface area contributed by atoms with Gasteiger partial charge in [-0.2, -0.15) is 0 Å². The zero-order valence-corrected chi connectivity index (χ0v) is 10.4. The van der Waals surface area contributed by atoms with E-state index >= 15 is 0 Å². The van der Waals surface area contributed by atoms with Crippen LogP contribution < -0.4 is 11.3 Å². The Balaban J connectivity index is 3.20. The quantitative estimate of drug-likeness (QED) is 0.579. The predicted octanol–water partition coefficient (Wildman–Crippen LogP) is 0.178. The van der Waals surface area contributed by atoms with Crippen molar-refractivity contribution in [2.24, 2.45) is 5.84 Å². The Bertz CT molecular complexity index is 485. The van der Waals surface area contributed by atoms with Gasteiger partial charge < -0.3 is 5.43 Å². The molecule has 0 aliphatic heterocycles. The van der Waals surface area contributed by atoms with E-state index in [4.69, 9.17) is 5.84 Å². The number of rotatable bonds is 4. The molecule has 1 aromatic rings. The lowest BCUT2D eigenvalue weighted by molar-refractivity contribution is 0.599. The summed E-state index contributed by atoms with van der Waals surface area (Å²) in [4.78, 5) is 8.23. The lowest BCUT2D eigenvalue weighted by Gasteiger charge is -2.10. The second-order valence-corrected chi connectivity index (χ2v) is 5.76. The Morgan fingerprint density at radius 1 is 1.38 bits per heavy atom. The number of anilines is 1. The maximum atomic E-state index is 11.1. The van der Waals surface area contributed by atoms with Crippen LogP contribution in [-0.4, -0.2) is 24.6 Å². The third-order valence-electron chi connectivity index (χ3n) is 2.14. The van der Waals surface area contributed by atoms with Crippen molar-refractivity contribution < 1.29 is 8.42 Å². The maximum Gasteiger partial charge on any atom is 0.154 e. The summed E-state index contributed by atoms with van der Waals surface area (Å²) in [7, 11) is -3.13. The number of sulfone groups is 1. The van der Waals surface area contributed by atoms with Crippen molar-refractivity contribution in [3.05, 3.63) is 17.1 Å².